The summed E-state index contributed by atoms with van der Waals surface area (Å²) >= 11 is 0. The van der Waals surface area contributed by atoms with Crippen LogP contribution in [0.5, 0.6) is 0 Å². The van der Waals surface area contributed by atoms with E-state index in [-0.39, 0.29) is 0 Å². The Morgan fingerprint density at radius 3 is 2.44 bits per heavy atom. The lowest BCUT2D eigenvalue weighted by atomic mass is 9.76. The maximum absolute atomic E-state index is 13.3. The normalized spacial score (nSPS) is 16.8. The zero-order chi connectivity index (χ0) is 13.3. The van der Waals surface area contributed by atoms with E-state index >= 15 is 0 Å². The number of rotatable bonds is 3. The van der Waals surface area contributed by atoms with E-state index in [2.05, 4.69) is 5.32 Å². The van der Waals surface area contributed by atoms with E-state index in [1.807, 2.05) is 0 Å². The van der Waals surface area contributed by atoms with Crippen LogP contribution in [0.25, 0.3) is 0 Å². The number of hydrogen-bond acceptors (Lipinski definition) is 2. The largest absolute Gasteiger partial charge is 0.480 e. The molecule has 0 atom stereocenters. The second kappa shape index (κ2) is 4.36. The van der Waals surface area contributed by atoms with E-state index < -0.39 is 34.6 Å². The van der Waals surface area contributed by atoms with Crippen molar-refractivity contribution in [2.24, 2.45) is 0 Å². The van der Waals surface area contributed by atoms with Crippen LogP contribution in [-0.2, 0) is 4.79 Å². The molecule has 0 aliphatic heterocycles. The van der Waals surface area contributed by atoms with Crippen LogP contribution < -0.4 is 5.32 Å². The zero-order valence-corrected chi connectivity index (χ0v) is 9.37. The number of carbonyl (C=O) groups is 2. The summed E-state index contributed by atoms with van der Waals surface area (Å²) in [4.78, 5) is 22.8. The minimum Gasteiger partial charge on any atom is -0.480 e. The molecule has 1 saturated carbocycles. The van der Waals surface area contributed by atoms with Crippen molar-refractivity contribution in [3.63, 3.8) is 0 Å². The molecule has 1 amide bonds. The van der Waals surface area contributed by atoms with E-state index in [4.69, 9.17) is 5.11 Å². The van der Waals surface area contributed by atoms with Gasteiger partial charge in [-0.1, -0.05) is 0 Å². The minimum atomic E-state index is -1.34. The highest BCUT2D eigenvalue weighted by Crippen LogP contribution is 2.32. The summed E-state index contributed by atoms with van der Waals surface area (Å²) in [5.74, 6) is -3.69. The van der Waals surface area contributed by atoms with Crippen LogP contribution in [0.3, 0.4) is 0 Å². The van der Waals surface area contributed by atoms with Gasteiger partial charge in [-0.05, 0) is 37.5 Å². The third kappa shape index (κ3) is 2.05. The number of amides is 1. The van der Waals surface area contributed by atoms with Crippen molar-refractivity contribution < 1.29 is 23.5 Å². The third-order valence-corrected chi connectivity index (χ3v) is 3.14. The summed E-state index contributed by atoms with van der Waals surface area (Å²) in [5, 5.41) is 11.3. The van der Waals surface area contributed by atoms with Gasteiger partial charge in [-0.15, -0.1) is 0 Å². The first-order valence-corrected chi connectivity index (χ1v) is 5.45. The van der Waals surface area contributed by atoms with E-state index in [9.17, 15) is 18.4 Å². The molecule has 18 heavy (non-hydrogen) atoms. The molecule has 0 bridgehead atoms. The highest BCUT2D eigenvalue weighted by atomic mass is 19.1. The lowest BCUT2D eigenvalue weighted by molar-refractivity contribution is -0.148. The topological polar surface area (TPSA) is 66.4 Å². The average Bonchev–Trinajstić information content (AvgIpc) is 2.26. The van der Waals surface area contributed by atoms with Crippen LogP contribution in [0.15, 0.2) is 18.2 Å². The molecule has 4 nitrogen and oxygen atoms in total. The molecule has 0 spiro atoms. The number of carboxylic acids is 1. The smallest absolute Gasteiger partial charge is 0.329 e. The van der Waals surface area contributed by atoms with E-state index in [0.29, 0.717) is 19.3 Å². The summed E-state index contributed by atoms with van der Waals surface area (Å²) in [7, 11) is 0. The second-order valence-electron chi connectivity index (χ2n) is 4.32. The van der Waals surface area contributed by atoms with Crippen molar-refractivity contribution in [2.75, 3.05) is 0 Å². The molecule has 1 aromatic rings. The van der Waals surface area contributed by atoms with Crippen molar-refractivity contribution in [1.82, 2.24) is 5.32 Å². The highest BCUT2D eigenvalue weighted by molar-refractivity contribution is 5.98. The van der Waals surface area contributed by atoms with Gasteiger partial charge in [-0.2, -0.15) is 0 Å². The average molecular weight is 255 g/mol. The molecule has 0 saturated heterocycles. The van der Waals surface area contributed by atoms with Crippen LogP contribution >= 0.6 is 0 Å². The van der Waals surface area contributed by atoms with E-state index in [1.165, 1.54) is 0 Å². The summed E-state index contributed by atoms with van der Waals surface area (Å²) < 4.78 is 26.3. The molecule has 0 radical (unpaired) electrons. The van der Waals surface area contributed by atoms with Gasteiger partial charge in [0.05, 0.1) is 5.56 Å². The van der Waals surface area contributed by atoms with Gasteiger partial charge < -0.3 is 10.4 Å². The van der Waals surface area contributed by atoms with Crippen LogP contribution in [0.2, 0.25) is 0 Å². The van der Waals surface area contributed by atoms with Crippen molar-refractivity contribution in [3.8, 4) is 0 Å². The Morgan fingerprint density at radius 2 is 1.94 bits per heavy atom. The number of hydrogen-bond donors (Lipinski definition) is 2. The van der Waals surface area contributed by atoms with E-state index in [1.54, 1.807) is 0 Å². The van der Waals surface area contributed by atoms with Crippen molar-refractivity contribution in [1.29, 1.82) is 0 Å². The minimum absolute atomic E-state index is 0.297. The van der Waals surface area contributed by atoms with Crippen LogP contribution in [0.4, 0.5) is 8.78 Å². The Morgan fingerprint density at radius 1 is 1.28 bits per heavy atom. The van der Waals surface area contributed by atoms with Crippen molar-refractivity contribution >= 4 is 11.9 Å². The highest BCUT2D eigenvalue weighted by Gasteiger charge is 2.46. The fourth-order valence-electron chi connectivity index (χ4n) is 1.88. The van der Waals surface area contributed by atoms with Gasteiger partial charge in [0.2, 0.25) is 0 Å². The molecule has 2 N–H and O–H groups in total. The van der Waals surface area contributed by atoms with Crippen LogP contribution in [0, 0.1) is 11.6 Å². The van der Waals surface area contributed by atoms with Gasteiger partial charge in [0.1, 0.15) is 17.2 Å². The molecule has 0 aromatic heterocycles. The molecule has 1 aliphatic rings. The molecule has 2 rings (SSSR count). The van der Waals surface area contributed by atoms with Crippen LogP contribution in [0.1, 0.15) is 29.6 Å². The number of halogens is 2. The first kappa shape index (κ1) is 12.5. The molecule has 0 unspecified atom stereocenters. The molecule has 0 heterocycles. The summed E-state index contributed by atoms with van der Waals surface area (Å²) in [6.07, 6.45) is 1.27. The molecule has 1 fully saturated rings. The standard InChI is InChI=1S/C12H11F2NO3/c13-7-2-3-9(14)8(6-7)10(16)15-12(11(17)18)4-1-5-12/h2-3,6H,1,4-5H2,(H,15,16)(H,17,18). The molecule has 1 aliphatic carbocycles. The quantitative estimate of drug-likeness (QED) is 0.863. The fraction of sp³-hybridized carbons (Fsp3) is 0.333. The predicted octanol–water partition coefficient (Wildman–Crippen LogP) is 1.70. The first-order chi connectivity index (χ1) is 8.44. The fourth-order valence-corrected chi connectivity index (χ4v) is 1.88. The summed E-state index contributed by atoms with van der Waals surface area (Å²) in [5.41, 5.74) is -1.82. The second-order valence-corrected chi connectivity index (χ2v) is 4.32. The maximum atomic E-state index is 13.3. The predicted molar refractivity (Wildman–Crippen MR) is 58.0 cm³/mol. The number of benzene rings is 1. The number of carbonyl (C=O) groups excluding carboxylic acids is 1. The third-order valence-electron chi connectivity index (χ3n) is 3.14. The van der Waals surface area contributed by atoms with E-state index in [0.717, 1.165) is 18.2 Å². The summed E-state index contributed by atoms with van der Waals surface area (Å²) in [6, 6.07) is 2.47. The van der Waals surface area contributed by atoms with Gasteiger partial charge in [0.25, 0.3) is 5.91 Å². The lowest BCUT2D eigenvalue weighted by Crippen LogP contribution is -2.59. The van der Waals surface area contributed by atoms with Crippen LogP contribution in [-0.4, -0.2) is 22.5 Å². The van der Waals surface area contributed by atoms with Gasteiger partial charge in [0.15, 0.2) is 0 Å². The van der Waals surface area contributed by atoms with Gasteiger partial charge in [-0.3, -0.25) is 4.79 Å². The van der Waals surface area contributed by atoms with Gasteiger partial charge in [-0.25, -0.2) is 13.6 Å². The Hall–Kier alpha value is -1.98. The molecule has 1 aromatic carbocycles. The Bertz CT molecular complexity index is 512. The first-order valence-electron chi connectivity index (χ1n) is 5.45. The Balaban J connectivity index is 2.22. The monoisotopic (exact) mass is 255 g/mol. The molecular formula is C12H11F2NO3. The zero-order valence-electron chi connectivity index (χ0n) is 9.37. The number of nitrogens with one attached hydrogen (secondary N) is 1. The molecule has 96 valence electrons. The van der Waals surface area contributed by atoms with Gasteiger partial charge >= 0.3 is 5.97 Å². The number of aliphatic carboxylic acids is 1. The molecular weight excluding hydrogens is 244 g/mol. The number of carboxylic acid groups (broad SMARTS) is 1. The van der Waals surface area contributed by atoms with Crippen molar-refractivity contribution in [2.45, 2.75) is 24.8 Å². The SMILES string of the molecule is O=C(NC1(C(=O)O)CCC1)c1cc(F)ccc1F. The molecule has 6 heteroatoms. The summed E-state index contributed by atoms with van der Waals surface area (Å²) in [6.45, 7) is 0. The maximum Gasteiger partial charge on any atom is 0.329 e. The Labute approximate surface area is 102 Å². The Kier molecular flexibility index (Phi) is 3.02. The lowest BCUT2D eigenvalue weighted by Gasteiger charge is -2.38. The van der Waals surface area contributed by atoms with Gasteiger partial charge in [0, 0.05) is 0 Å². The van der Waals surface area contributed by atoms with Crippen molar-refractivity contribution in [3.05, 3.63) is 35.4 Å².